The van der Waals surface area contributed by atoms with Crippen molar-refractivity contribution in [3.8, 4) is 5.75 Å². The standard InChI is InChI=1S/C19H24N2O3/c1-24-14-7-8-15-16(18(19(22)23)21-17(15)11-14)12-20-10-9-13-5-3-2-4-6-13/h5,7-8,11,20-21H,2-4,6,9-10,12H2,1H3,(H,22,23). The van der Waals surface area contributed by atoms with E-state index in [0.29, 0.717) is 12.3 Å². The van der Waals surface area contributed by atoms with Gasteiger partial charge in [0.15, 0.2) is 0 Å². The number of allylic oxidation sites excluding steroid dienone is 1. The maximum Gasteiger partial charge on any atom is 0.352 e. The quantitative estimate of drug-likeness (QED) is 0.533. The minimum atomic E-state index is -0.933. The lowest BCUT2D eigenvalue weighted by atomic mass is 9.97. The lowest BCUT2D eigenvalue weighted by Crippen LogP contribution is -2.17. The first kappa shape index (κ1) is 16.6. The van der Waals surface area contributed by atoms with E-state index in [1.54, 1.807) is 7.11 Å². The molecule has 1 aliphatic rings. The fourth-order valence-electron chi connectivity index (χ4n) is 3.32. The molecule has 0 atom stereocenters. The number of benzene rings is 1. The molecule has 2 aromatic rings. The van der Waals surface area contributed by atoms with Crippen molar-refractivity contribution < 1.29 is 14.6 Å². The van der Waals surface area contributed by atoms with E-state index in [1.807, 2.05) is 18.2 Å². The van der Waals surface area contributed by atoms with Crippen LogP contribution in [0.4, 0.5) is 0 Å². The number of rotatable bonds is 7. The second-order valence-electron chi connectivity index (χ2n) is 6.23. The third kappa shape index (κ3) is 3.62. The van der Waals surface area contributed by atoms with Crippen LogP contribution in [0.25, 0.3) is 10.9 Å². The zero-order valence-electron chi connectivity index (χ0n) is 14.0. The molecule has 0 spiro atoms. The number of nitrogens with one attached hydrogen (secondary N) is 2. The third-order valence-corrected chi connectivity index (χ3v) is 4.64. The Morgan fingerprint density at radius 3 is 2.96 bits per heavy atom. The highest BCUT2D eigenvalue weighted by Gasteiger charge is 2.17. The Labute approximate surface area is 141 Å². The molecule has 3 rings (SSSR count). The summed E-state index contributed by atoms with van der Waals surface area (Å²) < 4.78 is 5.21. The van der Waals surface area contributed by atoms with Gasteiger partial charge in [0.1, 0.15) is 11.4 Å². The first-order valence-corrected chi connectivity index (χ1v) is 8.49. The number of carboxylic acid groups (broad SMARTS) is 1. The Morgan fingerprint density at radius 2 is 2.25 bits per heavy atom. The number of aromatic amines is 1. The summed E-state index contributed by atoms with van der Waals surface area (Å²) in [5, 5.41) is 13.8. The first-order valence-electron chi connectivity index (χ1n) is 8.49. The smallest absolute Gasteiger partial charge is 0.352 e. The Kier molecular flexibility index (Phi) is 5.20. The second kappa shape index (κ2) is 7.53. The summed E-state index contributed by atoms with van der Waals surface area (Å²) in [6.07, 6.45) is 8.39. The Hall–Kier alpha value is -2.27. The summed E-state index contributed by atoms with van der Waals surface area (Å²) in [6, 6.07) is 5.61. The van der Waals surface area contributed by atoms with Crippen molar-refractivity contribution in [3.05, 3.63) is 41.1 Å². The molecule has 1 aliphatic carbocycles. The lowest BCUT2D eigenvalue weighted by Gasteiger charge is -2.13. The second-order valence-corrected chi connectivity index (χ2v) is 6.23. The number of aromatic nitrogens is 1. The van der Waals surface area contributed by atoms with Gasteiger partial charge in [0.05, 0.1) is 12.6 Å². The van der Waals surface area contributed by atoms with Crippen LogP contribution in [0.3, 0.4) is 0 Å². The molecule has 1 aromatic carbocycles. The molecule has 0 amide bonds. The van der Waals surface area contributed by atoms with Crippen LogP contribution in [0.1, 0.15) is 48.2 Å². The van der Waals surface area contributed by atoms with Crippen LogP contribution in [-0.2, 0) is 6.54 Å². The molecule has 0 bridgehead atoms. The van der Waals surface area contributed by atoms with E-state index < -0.39 is 5.97 Å². The molecule has 0 aliphatic heterocycles. The predicted octanol–water partition coefficient (Wildman–Crippen LogP) is 3.85. The molecule has 0 saturated heterocycles. The van der Waals surface area contributed by atoms with Crippen molar-refractivity contribution in [3.63, 3.8) is 0 Å². The number of aromatic carboxylic acids is 1. The molecular formula is C19H24N2O3. The van der Waals surface area contributed by atoms with Gasteiger partial charge in [0, 0.05) is 23.6 Å². The van der Waals surface area contributed by atoms with Crippen LogP contribution in [0.15, 0.2) is 29.8 Å². The SMILES string of the molecule is COc1ccc2c(CNCCC3=CCCCC3)c(C(=O)O)[nH]c2c1. The van der Waals surface area contributed by atoms with Gasteiger partial charge in [0.25, 0.3) is 0 Å². The van der Waals surface area contributed by atoms with Crippen LogP contribution in [0.2, 0.25) is 0 Å². The Morgan fingerprint density at radius 1 is 1.38 bits per heavy atom. The maximum atomic E-state index is 11.5. The number of carbonyl (C=O) groups is 1. The zero-order valence-corrected chi connectivity index (χ0v) is 14.0. The minimum absolute atomic E-state index is 0.252. The van der Waals surface area contributed by atoms with Crippen molar-refractivity contribution in [2.24, 2.45) is 0 Å². The molecule has 1 aromatic heterocycles. The minimum Gasteiger partial charge on any atom is -0.497 e. The van der Waals surface area contributed by atoms with Crippen molar-refractivity contribution in [2.45, 2.75) is 38.6 Å². The summed E-state index contributed by atoms with van der Waals surface area (Å²) in [5.74, 6) is -0.221. The summed E-state index contributed by atoms with van der Waals surface area (Å²) in [5.41, 5.74) is 3.37. The van der Waals surface area contributed by atoms with E-state index in [1.165, 1.54) is 31.3 Å². The van der Waals surface area contributed by atoms with Crippen LogP contribution < -0.4 is 10.1 Å². The van der Waals surface area contributed by atoms with Gasteiger partial charge in [-0.1, -0.05) is 11.6 Å². The van der Waals surface area contributed by atoms with Gasteiger partial charge in [-0.25, -0.2) is 4.79 Å². The van der Waals surface area contributed by atoms with Crippen LogP contribution in [0.5, 0.6) is 5.75 Å². The fourth-order valence-corrected chi connectivity index (χ4v) is 3.32. The summed E-state index contributed by atoms with van der Waals surface area (Å²) >= 11 is 0. The molecule has 0 saturated carbocycles. The Balaban J connectivity index is 1.71. The summed E-state index contributed by atoms with van der Waals surface area (Å²) in [7, 11) is 1.60. The molecule has 5 nitrogen and oxygen atoms in total. The van der Waals surface area contributed by atoms with Crippen molar-refractivity contribution >= 4 is 16.9 Å². The van der Waals surface area contributed by atoms with Gasteiger partial charge < -0.3 is 20.1 Å². The van der Waals surface area contributed by atoms with Gasteiger partial charge in [0.2, 0.25) is 0 Å². The van der Waals surface area contributed by atoms with Crippen LogP contribution in [-0.4, -0.2) is 29.7 Å². The number of carboxylic acids is 1. The fraction of sp³-hybridized carbons (Fsp3) is 0.421. The molecule has 0 radical (unpaired) electrons. The van der Waals surface area contributed by atoms with E-state index in [9.17, 15) is 9.90 Å². The number of methoxy groups -OCH3 is 1. The molecule has 3 N–H and O–H groups in total. The van der Waals surface area contributed by atoms with Gasteiger partial charge in [-0.15, -0.1) is 0 Å². The molecule has 5 heteroatoms. The van der Waals surface area contributed by atoms with Crippen molar-refractivity contribution in [2.75, 3.05) is 13.7 Å². The average Bonchev–Trinajstić information content (AvgIpc) is 2.97. The topological polar surface area (TPSA) is 74.3 Å². The van der Waals surface area contributed by atoms with Crippen LogP contribution >= 0.6 is 0 Å². The highest BCUT2D eigenvalue weighted by Crippen LogP contribution is 2.26. The third-order valence-electron chi connectivity index (χ3n) is 4.64. The van der Waals surface area contributed by atoms with Crippen LogP contribution in [0, 0.1) is 0 Å². The van der Waals surface area contributed by atoms with E-state index in [0.717, 1.165) is 29.4 Å². The normalized spacial score (nSPS) is 14.6. The number of fused-ring (bicyclic) bond motifs is 1. The number of ether oxygens (including phenoxy) is 1. The van der Waals surface area contributed by atoms with E-state index in [-0.39, 0.29) is 5.69 Å². The van der Waals surface area contributed by atoms with E-state index in [2.05, 4.69) is 16.4 Å². The average molecular weight is 328 g/mol. The lowest BCUT2D eigenvalue weighted by molar-refractivity contribution is 0.0690. The summed E-state index contributed by atoms with van der Waals surface area (Å²) in [4.78, 5) is 14.5. The van der Waals surface area contributed by atoms with Gasteiger partial charge in [-0.3, -0.25) is 0 Å². The van der Waals surface area contributed by atoms with E-state index >= 15 is 0 Å². The number of hydrogen-bond donors (Lipinski definition) is 3. The molecule has 128 valence electrons. The van der Waals surface area contributed by atoms with Gasteiger partial charge >= 0.3 is 5.97 Å². The van der Waals surface area contributed by atoms with Gasteiger partial charge in [-0.05, 0) is 50.8 Å². The molecule has 0 fully saturated rings. The van der Waals surface area contributed by atoms with Crippen molar-refractivity contribution in [1.82, 2.24) is 10.3 Å². The monoisotopic (exact) mass is 328 g/mol. The zero-order chi connectivity index (χ0) is 16.9. The molecule has 24 heavy (non-hydrogen) atoms. The number of H-pyrrole nitrogens is 1. The highest BCUT2D eigenvalue weighted by atomic mass is 16.5. The molecular weight excluding hydrogens is 304 g/mol. The van der Waals surface area contributed by atoms with Gasteiger partial charge in [-0.2, -0.15) is 0 Å². The maximum absolute atomic E-state index is 11.5. The Bertz CT molecular complexity index is 761. The molecule has 1 heterocycles. The van der Waals surface area contributed by atoms with E-state index in [4.69, 9.17) is 4.74 Å². The predicted molar refractivity (Wildman–Crippen MR) is 94.7 cm³/mol. The number of hydrogen-bond acceptors (Lipinski definition) is 3. The first-order chi connectivity index (χ1) is 11.7. The summed E-state index contributed by atoms with van der Waals surface area (Å²) in [6.45, 7) is 1.41. The molecule has 0 unspecified atom stereocenters. The highest BCUT2D eigenvalue weighted by molar-refractivity contribution is 5.97. The largest absolute Gasteiger partial charge is 0.497 e. The van der Waals surface area contributed by atoms with Crippen molar-refractivity contribution in [1.29, 1.82) is 0 Å².